The molecule has 9 heteroatoms. The molecule has 0 amide bonds. The number of allylic oxidation sites excluding steroid dienone is 8. The summed E-state index contributed by atoms with van der Waals surface area (Å²) in [5.74, 6) is 1.18. The maximum absolute atomic E-state index is 9.62. The minimum absolute atomic E-state index is 0.131. The van der Waals surface area contributed by atoms with Gasteiger partial charge < -0.3 is 29.5 Å². The van der Waals surface area contributed by atoms with E-state index in [2.05, 4.69) is 189 Å². The molecule has 0 fully saturated rings. The first-order valence-electron chi connectivity index (χ1n) is 27.3. The van der Waals surface area contributed by atoms with Crippen LogP contribution in [-0.4, -0.2) is 70.3 Å². The number of rotatable bonds is 29. The minimum atomic E-state index is -0.712. The Hall–Kier alpha value is -3.62. The number of ether oxygens (including phenoxy) is 3. The van der Waals surface area contributed by atoms with Gasteiger partial charge in [0, 0.05) is 21.3 Å². The Morgan fingerprint density at radius 2 is 0.714 bits per heavy atom. The Bertz CT molecular complexity index is 1670. The number of aliphatic hydroxyl groups is 3. The molecule has 0 aromatic carbocycles. The number of hydrogen-bond acceptors (Lipinski definition) is 6. The SMILES string of the molecule is C=CC(C)(CC(C)C)OC.C=CC(C)(CC/C=C(\C)CCC)OC.C=CC(C)(CCC(C)=C(C)C)OC.C=CC(C)(O)CC(C)C.C=CC(C)(O)CC/C=C(\C)CCC.C=CC(C)(O)CCC(C)=C(C)C.[C-]#[O+].[C-]#[O+].[C-]#[O+]. The third-order valence-corrected chi connectivity index (χ3v) is 12.9. The normalized spacial score (nSPS) is 15.0. The molecule has 0 rings (SSSR count). The molecular formula is C68H122O9. The second-order valence-electron chi connectivity index (χ2n) is 22.3. The predicted molar refractivity (Wildman–Crippen MR) is 332 cm³/mol. The summed E-state index contributed by atoms with van der Waals surface area (Å²) in [4.78, 5) is 0. The predicted octanol–water partition coefficient (Wildman–Crippen LogP) is 18.8. The second kappa shape index (κ2) is 55.7. The van der Waals surface area contributed by atoms with Crippen LogP contribution in [0.4, 0.5) is 0 Å². The zero-order chi connectivity index (χ0) is 63.3. The van der Waals surface area contributed by atoms with E-state index < -0.39 is 16.8 Å². The van der Waals surface area contributed by atoms with Gasteiger partial charge in [0.05, 0.1) is 33.6 Å². The monoisotopic (exact) mass is 1080 g/mol. The van der Waals surface area contributed by atoms with Crippen molar-refractivity contribution in [3.05, 3.63) is 141 Å². The molecule has 0 bridgehead atoms. The van der Waals surface area contributed by atoms with Crippen molar-refractivity contribution in [1.29, 1.82) is 0 Å². The summed E-state index contributed by atoms with van der Waals surface area (Å²) < 4.78 is 38.5. The average Bonchev–Trinajstić information content (AvgIpc) is 3.39. The van der Waals surface area contributed by atoms with Crippen molar-refractivity contribution in [2.24, 2.45) is 11.8 Å². The topological polar surface area (TPSA) is 148 Å². The zero-order valence-corrected chi connectivity index (χ0v) is 54.2. The first-order valence-corrected chi connectivity index (χ1v) is 27.3. The molecule has 0 saturated carbocycles. The van der Waals surface area contributed by atoms with E-state index in [0.29, 0.717) is 11.8 Å². The Morgan fingerprint density at radius 3 is 0.948 bits per heavy atom. The Labute approximate surface area is 478 Å². The molecule has 0 aliphatic carbocycles. The Balaban J connectivity index is -0.000000101. The van der Waals surface area contributed by atoms with Crippen LogP contribution < -0.4 is 0 Å². The van der Waals surface area contributed by atoms with Crippen LogP contribution in [0.25, 0.3) is 0 Å². The summed E-state index contributed by atoms with van der Waals surface area (Å²) in [6.07, 6.45) is 29.1. The molecule has 6 unspecified atom stereocenters. The van der Waals surface area contributed by atoms with E-state index in [9.17, 15) is 15.3 Å². The molecule has 0 aromatic rings. The van der Waals surface area contributed by atoms with Crippen molar-refractivity contribution in [3.8, 4) is 0 Å². The quantitative estimate of drug-likeness (QED) is 0.0386. The molecule has 77 heavy (non-hydrogen) atoms. The van der Waals surface area contributed by atoms with Gasteiger partial charge in [0.2, 0.25) is 0 Å². The van der Waals surface area contributed by atoms with Crippen LogP contribution in [0.1, 0.15) is 228 Å². The van der Waals surface area contributed by atoms with Gasteiger partial charge in [0.25, 0.3) is 0 Å². The molecule has 3 N–H and O–H groups in total. The van der Waals surface area contributed by atoms with Crippen molar-refractivity contribution >= 4 is 0 Å². The van der Waals surface area contributed by atoms with Crippen LogP contribution in [0.2, 0.25) is 0 Å². The molecule has 6 atom stereocenters. The van der Waals surface area contributed by atoms with Crippen LogP contribution in [0.5, 0.6) is 0 Å². The third kappa shape index (κ3) is 66.6. The average molecular weight is 1080 g/mol. The van der Waals surface area contributed by atoms with Gasteiger partial charge in [-0.25, -0.2) is 0 Å². The van der Waals surface area contributed by atoms with Gasteiger partial charge in [-0.15, -0.1) is 39.5 Å². The van der Waals surface area contributed by atoms with Crippen molar-refractivity contribution in [1.82, 2.24) is 0 Å². The van der Waals surface area contributed by atoms with Crippen LogP contribution in [-0.2, 0) is 28.2 Å². The molecule has 0 saturated heterocycles. The summed E-state index contributed by atoms with van der Waals surface area (Å²) in [5.41, 5.74) is 5.90. The molecule has 9 nitrogen and oxygen atoms in total. The summed E-state index contributed by atoms with van der Waals surface area (Å²) in [5, 5.41) is 28.6. The van der Waals surface area contributed by atoms with Crippen molar-refractivity contribution in [3.63, 3.8) is 0 Å². The van der Waals surface area contributed by atoms with Gasteiger partial charge in [-0.2, -0.15) is 0 Å². The van der Waals surface area contributed by atoms with Gasteiger partial charge in [-0.3, -0.25) is 0 Å². The van der Waals surface area contributed by atoms with Gasteiger partial charge in [-0.1, -0.05) is 136 Å². The van der Waals surface area contributed by atoms with Crippen LogP contribution in [0.15, 0.2) is 122 Å². The summed E-state index contributed by atoms with van der Waals surface area (Å²) >= 11 is 0. The van der Waals surface area contributed by atoms with Crippen LogP contribution in [0, 0.1) is 31.8 Å². The first-order chi connectivity index (χ1) is 35.4. The fourth-order valence-electron chi connectivity index (χ4n) is 6.33. The van der Waals surface area contributed by atoms with Crippen LogP contribution >= 0.6 is 0 Å². The van der Waals surface area contributed by atoms with E-state index in [-0.39, 0.29) is 16.8 Å². The van der Waals surface area contributed by atoms with Gasteiger partial charge in [0.1, 0.15) is 0 Å². The van der Waals surface area contributed by atoms with E-state index in [4.69, 9.17) is 28.2 Å². The molecule has 0 heterocycles. The molecule has 0 radical (unpaired) electrons. The van der Waals surface area contributed by atoms with Gasteiger partial charge in [-0.05, 0) is 186 Å². The van der Waals surface area contributed by atoms with Crippen molar-refractivity contribution in [2.45, 2.75) is 262 Å². The van der Waals surface area contributed by atoms with Crippen LogP contribution in [0.3, 0.4) is 0 Å². The summed E-state index contributed by atoms with van der Waals surface area (Å²) in [6, 6.07) is 0. The maximum atomic E-state index is 9.62. The van der Waals surface area contributed by atoms with E-state index >= 15 is 0 Å². The molecule has 0 aliphatic heterocycles. The molecule has 0 spiro atoms. The van der Waals surface area contributed by atoms with E-state index in [1.165, 1.54) is 52.7 Å². The molecule has 0 aliphatic rings. The summed E-state index contributed by atoms with van der Waals surface area (Å²) in [6.45, 7) is 77.1. The second-order valence-corrected chi connectivity index (χ2v) is 22.3. The number of methoxy groups -OCH3 is 3. The van der Waals surface area contributed by atoms with Crippen molar-refractivity contribution < 1.29 is 43.5 Å². The van der Waals surface area contributed by atoms with Crippen molar-refractivity contribution in [2.75, 3.05) is 21.3 Å². The summed E-state index contributed by atoms with van der Waals surface area (Å²) in [7, 11) is 5.20. The standard InChI is InChI=1S/C13H24O.2C12H22O.C11H20O.C9H18O.C8H16O.3CO/c1-6-9-12(3)10-8-11-13(4,7-2)14-5;1-7-12(5,13-6)9-8-11(4)10(2)3;1-5-8-11(3)9-7-10-12(4,13)6-2;1-6-11(5,12)8-7-10(4)9(2)3;1-6-9(4,10-5)7-8(2)3;1-5-8(4,9)6-7(2)3;3*1-2/h7,10H,2,6,8-9,11H2,1,3-5H3;7H,1,8-9H2,2-6H3;6,9,13H,2,5,7-8,10H2,1,3-4H3;6,12H,1,7-8H2,2-5H3;6,8H,1,7H2,2-5H3;5,7,9H,1,6H2,2-4H3;;;/b12-10+;;11-9+;;;;;;. The number of hydrogen-bond donors (Lipinski definition) is 3. The Kier molecular flexibility index (Phi) is 67.1. The third-order valence-electron chi connectivity index (χ3n) is 12.9. The van der Waals surface area contributed by atoms with E-state index in [1.807, 2.05) is 18.2 Å². The molecular weight excluding hydrogens is 961 g/mol. The first kappa shape index (κ1) is 92.7. The Morgan fingerprint density at radius 1 is 0.429 bits per heavy atom. The van der Waals surface area contributed by atoms with Gasteiger partial charge >= 0.3 is 33.9 Å². The van der Waals surface area contributed by atoms with E-state index in [1.54, 1.807) is 60.3 Å². The fourth-order valence-corrected chi connectivity index (χ4v) is 6.33. The fraction of sp³-hybridized carbons (Fsp3) is 0.662. The van der Waals surface area contributed by atoms with Gasteiger partial charge in [0.15, 0.2) is 0 Å². The van der Waals surface area contributed by atoms with E-state index in [0.717, 1.165) is 70.6 Å². The zero-order valence-electron chi connectivity index (χ0n) is 54.2. The molecule has 0 aromatic heterocycles. The molecule has 448 valence electrons.